The van der Waals surface area contributed by atoms with Gasteiger partial charge in [-0.1, -0.05) is 18.2 Å². The van der Waals surface area contributed by atoms with Crippen molar-refractivity contribution >= 4 is 16.9 Å². The van der Waals surface area contributed by atoms with E-state index in [-0.39, 0.29) is 18.1 Å². The molecule has 4 rings (SSSR count). The number of para-hydroxylation sites is 1. The lowest BCUT2D eigenvalue weighted by Crippen LogP contribution is -2.44. The first-order valence-electron chi connectivity index (χ1n) is 8.77. The van der Waals surface area contributed by atoms with Crippen LogP contribution in [0.1, 0.15) is 24.8 Å². The predicted molar refractivity (Wildman–Crippen MR) is 91.6 cm³/mol. The fourth-order valence-electron chi connectivity index (χ4n) is 3.99. The number of hydrogen-bond donors (Lipinski definition) is 0. The topological polar surface area (TPSA) is 45.9 Å². The first-order valence-corrected chi connectivity index (χ1v) is 8.77. The van der Waals surface area contributed by atoms with Crippen LogP contribution >= 0.6 is 0 Å². The van der Waals surface area contributed by atoms with Crippen molar-refractivity contribution in [1.82, 2.24) is 9.80 Å². The average Bonchev–Trinajstić information content (AvgIpc) is 3.35. The maximum atomic E-state index is 12.9. The van der Waals surface area contributed by atoms with Gasteiger partial charge in [-0.2, -0.15) is 0 Å². The standard InChI is InChI=1S/C19H24N2O3/c1-23-15-10-17(19(22)20-8-4-5-9-20)21(12-15)11-14-13-24-18-7-3-2-6-16(14)18/h2-3,6-7,13,15,17H,4-5,8-12H2,1H3/t15-,17-/m0/s1. The highest BCUT2D eigenvalue weighted by Gasteiger charge is 2.39. The molecule has 0 spiro atoms. The molecule has 1 aromatic carbocycles. The molecule has 128 valence electrons. The molecular weight excluding hydrogens is 304 g/mol. The molecule has 0 unspecified atom stereocenters. The Bertz CT molecular complexity index is 720. The number of methoxy groups -OCH3 is 1. The summed E-state index contributed by atoms with van der Waals surface area (Å²) in [5, 5.41) is 1.13. The minimum absolute atomic E-state index is 0.0817. The Morgan fingerprint density at radius 3 is 2.88 bits per heavy atom. The van der Waals surface area contributed by atoms with E-state index in [9.17, 15) is 4.79 Å². The molecule has 2 saturated heterocycles. The summed E-state index contributed by atoms with van der Waals surface area (Å²) in [7, 11) is 1.73. The summed E-state index contributed by atoms with van der Waals surface area (Å²) < 4.78 is 11.2. The molecule has 0 radical (unpaired) electrons. The number of carbonyl (C=O) groups excluding carboxylic acids is 1. The van der Waals surface area contributed by atoms with Crippen molar-refractivity contribution in [3.63, 3.8) is 0 Å². The van der Waals surface area contributed by atoms with Gasteiger partial charge in [0.2, 0.25) is 5.91 Å². The van der Waals surface area contributed by atoms with Crippen molar-refractivity contribution in [2.75, 3.05) is 26.7 Å². The molecule has 0 aliphatic carbocycles. The zero-order chi connectivity index (χ0) is 16.5. The van der Waals surface area contributed by atoms with Crippen molar-refractivity contribution in [3.05, 3.63) is 36.1 Å². The molecule has 2 atom stereocenters. The van der Waals surface area contributed by atoms with Gasteiger partial charge in [-0.15, -0.1) is 0 Å². The number of carbonyl (C=O) groups is 1. The molecule has 2 fully saturated rings. The fraction of sp³-hybridized carbons (Fsp3) is 0.526. The normalized spacial score (nSPS) is 25.0. The first-order chi connectivity index (χ1) is 11.8. The molecule has 1 amide bonds. The Morgan fingerprint density at radius 1 is 1.29 bits per heavy atom. The fourth-order valence-corrected chi connectivity index (χ4v) is 3.99. The minimum atomic E-state index is -0.0817. The molecule has 2 aliphatic heterocycles. The zero-order valence-corrected chi connectivity index (χ0v) is 14.1. The number of ether oxygens (including phenoxy) is 1. The van der Waals surface area contributed by atoms with Gasteiger partial charge < -0.3 is 14.1 Å². The summed E-state index contributed by atoms with van der Waals surface area (Å²) in [5.41, 5.74) is 2.04. The van der Waals surface area contributed by atoms with E-state index in [0.29, 0.717) is 0 Å². The third-order valence-corrected chi connectivity index (χ3v) is 5.34. The lowest BCUT2D eigenvalue weighted by atomic mass is 10.1. The Labute approximate surface area is 142 Å². The summed E-state index contributed by atoms with van der Waals surface area (Å²) in [5.74, 6) is 0.264. The molecule has 3 heterocycles. The van der Waals surface area contributed by atoms with E-state index in [1.165, 1.54) is 0 Å². The Morgan fingerprint density at radius 2 is 2.08 bits per heavy atom. The third kappa shape index (κ3) is 2.82. The first kappa shape index (κ1) is 15.7. The molecule has 0 N–H and O–H groups in total. The largest absolute Gasteiger partial charge is 0.464 e. The molecule has 24 heavy (non-hydrogen) atoms. The van der Waals surface area contributed by atoms with E-state index in [4.69, 9.17) is 9.15 Å². The van der Waals surface area contributed by atoms with Crippen molar-refractivity contribution in [3.8, 4) is 0 Å². The zero-order valence-electron chi connectivity index (χ0n) is 14.1. The highest BCUT2D eigenvalue weighted by Crippen LogP contribution is 2.28. The second-order valence-electron chi connectivity index (χ2n) is 6.83. The minimum Gasteiger partial charge on any atom is -0.464 e. The third-order valence-electron chi connectivity index (χ3n) is 5.34. The summed E-state index contributed by atoms with van der Waals surface area (Å²) in [4.78, 5) is 17.2. The van der Waals surface area contributed by atoms with E-state index in [2.05, 4.69) is 11.0 Å². The second-order valence-corrected chi connectivity index (χ2v) is 6.83. The van der Waals surface area contributed by atoms with E-state index in [1.807, 2.05) is 29.4 Å². The quantitative estimate of drug-likeness (QED) is 0.866. The van der Waals surface area contributed by atoms with Gasteiger partial charge in [0.05, 0.1) is 18.4 Å². The van der Waals surface area contributed by atoms with Gasteiger partial charge in [-0.05, 0) is 25.3 Å². The van der Waals surface area contributed by atoms with Crippen LogP contribution in [0.3, 0.4) is 0 Å². The van der Waals surface area contributed by atoms with Crippen LogP contribution in [0.25, 0.3) is 11.0 Å². The van der Waals surface area contributed by atoms with Crippen molar-refractivity contribution in [2.24, 2.45) is 0 Å². The lowest BCUT2D eigenvalue weighted by molar-refractivity contribution is -0.135. The SMILES string of the molecule is CO[C@H]1C[C@@H](C(=O)N2CCCC2)N(Cc2coc3ccccc23)C1. The molecular formula is C19H24N2O3. The van der Waals surface area contributed by atoms with Crippen LogP contribution in [0, 0.1) is 0 Å². The Balaban J connectivity index is 1.55. The molecule has 2 aromatic rings. The number of hydrogen-bond acceptors (Lipinski definition) is 4. The average molecular weight is 328 g/mol. The van der Waals surface area contributed by atoms with Crippen LogP contribution in [-0.2, 0) is 16.1 Å². The smallest absolute Gasteiger partial charge is 0.240 e. The Hall–Kier alpha value is -1.85. The maximum Gasteiger partial charge on any atom is 0.240 e. The van der Waals surface area contributed by atoms with Gasteiger partial charge in [0.25, 0.3) is 0 Å². The summed E-state index contributed by atoms with van der Waals surface area (Å²) in [6, 6.07) is 7.98. The molecule has 2 aliphatic rings. The number of rotatable bonds is 4. The lowest BCUT2D eigenvalue weighted by Gasteiger charge is -2.27. The Kier molecular flexibility index (Phi) is 4.29. The van der Waals surface area contributed by atoms with Crippen LogP contribution in [0.4, 0.5) is 0 Å². The van der Waals surface area contributed by atoms with Gasteiger partial charge in [-0.3, -0.25) is 9.69 Å². The van der Waals surface area contributed by atoms with Crippen LogP contribution < -0.4 is 0 Å². The highest BCUT2D eigenvalue weighted by atomic mass is 16.5. The molecule has 0 saturated carbocycles. The van der Waals surface area contributed by atoms with Crippen molar-refractivity contribution < 1.29 is 13.9 Å². The molecule has 0 bridgehead atoms. The maximum absolute atomic E-state index is 12.9. The highest BCUT2D eigenvalue weighted by molar-refractivity contribution is 5.83. The van der Waals surface area contributed by atoms with Crippen LogP contribution in [0.15, 0.2) is 34.9 Å². The number of amides is 1. The van der Waals surface area contributed by atoms with E-state index < -0.39 is 0 Å². The molecule has 5 nitrogen and oxygen atoms in total. The van der Waals surface area contributed by atoms with Gasteiger partial charge in [0.1, 0.15) is 5.58 Å². The molecule has 5 heteroatoms. The van der Waals surface area contributed by atoms with E-state index in [0.717, 1.165) is 62.0 Å². The predicted octanol–water partition coefficient (Wildman–Crippen LogP) is 2.64. The summed E-state index contributed by atoms with van der Waals surface area (Å²) in [6.07, 6.45) is 4.97. The van der Waals surface area contributed by atoms with E-state index >= 15 is 0 Å². The van der Waals surface area contributed by atoms with Gasteiger partial charge in [-0.25, -0.2) is 0 Å². The van der Waals surface area contributed by atoms with Crippen LogP contribution in [0.5, 0.6) is 0 Å². The number of nitrogens with zero attached hydrogens (tertiary/aromatic N) is 2. The van der Waals surface area contributed by atoms with Crippen LogP contribution in [-0.4, -0.2) is 54.6 Å². The van der Waals surface area contributed by atoms with Gasteiger partial charge >= 0.3 is 0 Å². The summed E-state index contributed by atoms with van der Waals surface area (Å²) >= 11 is 0. The van der Waals surface area contributed by atoms with Crippen LogP contribution in [0.2, 0.25) is 0 Å². The number of benzene rings is 1. The van der Waals surface area contributed by atoms with Crippen molar-refractivity contribution in [2.45, 2.75) is 38.0 Å². The summed E-state index contributed by atoms with van der Waals surface area (Å²) in [6.45, 7) is 3.31. The van der Waals surface area contributed by atoms with Crippen molar-refractivity contribution in [1.29, 1.82) is 0 Å². The molecule has 1 aromatic heterocycles. The second kappa shape index (κ2) is 6.57. The monoisotopic (exact) mass is 328 g/mol. The van der Waals surface area contributed by atoms with Gasteiger partial charge in [0.15, 0.2) is 0 Å². The van der Waals surface area contributed by atoms with E-state index in [1.54, 1.807) is 7.11 Å². The number of fused-ring (bicyclic) bond motifs is 1. The number of furan rings is 1. The number of likely N-dealkylation sites (tertiary alicyclic amines) is 2. The van der Waals surface area contributed by atoms with Gasteiger partial charge in [0, 0.05) is 44.2 Å².